The third kappa shape index (κ3) is 2.57. The first-order valence-electron chi connectivity index (χ1n) is 6.39. The molecule has 1 heterocycles. The lowest BCUT2D eigenvalue weighted by molar-refractivity contribution is 0.575. The Morgan fingerprint density at radius 1 is 0.750 bits per heavy atom. The maximum atomic E-state index is 13.3. The van der Waals surface area contributed by atoms with Crippen molar-refractivity contribution in [3.63, 3.8) is 0 Å². The molecule has 0 aliphatic heterocycles. The number of hydrogen-bond donors (Lipinski definition) is 0. The van der Waals surface area contributed by atoms with Gasteiger partial charge in [-0.3, -0.25) is 0 Å². The molecule has 3 aromatic rings. The maximum absolute atomic E-state index is 13.3. The molecule has 0 fully saturated rings. The lowest BCUT2D eigenvalue weighted by atomic mass is 10.0. The third-order valence-corrected chi connectivity index (χ3v) is 3.09. The highest BCUT2D eigenvalue weighted by atomic mass is 19.1. The van der Waals surface area contributed by atoms with E-state index >= 15 is 0 Å². The van der Waals surface area contributed by atoms with Crippen molar-refractivity contribution in [1.82, 2.24) is 9.97 Å². The van der Waals surface area contributed by atoms with Crippen LogP contribution < -0.4 is 0 Å². The molecule has 0 saturated carbocycles. The zero-order valence-corrected chi connectivity index (χ0v) is 11.0. The predicted octanol–water partition coefficient (Wildman–Crippen LogP) is 4.26. The number of aromatic nitrogens is 2. The van der Waals surface area contributed by atoms with Crippen LogP contribution in [0.2, 0.25) is 0 Å². The summed E-state index contributed by atoms with van der Waals surface area (Å²) in [5.41, 5.74) is 3.77. The zero-order chi connectivity index (χ0) is 13.9. The molecule has 0 aliphatic rings. The Morgan fingerprint density at radius 3 is 2.00 bits per heavy atom. The van der Waals surface area contributed by atoms with Crippen LogP contribution in [0.25, 0.3) is 22.4 Å². The number of rotatable bonds is 2. The van der Waals surface area contributed by atoms with Crippen LogP contribution in [0.3, 0.4) is 0 Å². The molecule has 2 nitrogen and oxygen atoms in total. The summed E-state index contributed by atoms with van der Waals surface area (Å²) in [4.78, 5) is 7.90. The Bertz CT molecular complexity index is 701. The van der Waals surface area contributed by atoms with Crippen molar-refractivity contribution in [2.75, 3.05) is 0 Å². The first-order valence-corrected chi connectivity index (χ1v) is 6.39. The van der Waals surface area contributed by atoms with E-state index in [4.69, 9.17) is 0 Å². The minimum Gasteiger partial charge on any atom is -0.233 e. The van der Waals surface area contributed by atoms with Gasteiger partial charge in [0.1, 0.15) is 5.82 Å². The summed E-state index contributed by atoms with van der Waals surface area (Å²) in [5.74, 6) is -0.0632. The number of benzene rings is 2. The van der Waals surface area contributed by atoms with Crippen LogP contribution in [0, 0.1) is 12.9 Å². The Kier molecular flexibility index (Phi) is 3.25. The number of aryl methyl sites for hydroxylation is 1. The van der Waals surface area contributed by atoms with Gasteiger partial charge >= 0.3 is 0 Å². The average Bonchev–Trinajstić information content (AvgIpc) is 2.47. The molecular weight excluding hydrogens is 251 g/mol. The highest BCUT2D eigenvalue weighted by Crippen LogP contribution is 2.23. The van der Waals surface area contributed by atoms with Gasteiger partial charge in [0.05, 0.1) is 5.69 Å². The average molecular weight is 264 g/mol. The van der Waals surface area contributed by atoms with E-state index in [9.17, 15) is 4.39 Å². The minimum atomic E-state index is -0.500. The number of hydrogen-bond acceptors (Lipinski definition) is 2. The van der Waals surface area contributed by atoms with Crippen molar-refractivity contribution >= 4 is 0 Å². The molecule has 1 aromatic heterocycles. The zero-order valence-electron chi connectivity index (χ0n) is 11.0. The summed E-state index contributed by atoms with van der Waals surface area (Å²) in [6.45, 7) is 1.69. The molecule has 3 heteroatoms. The summed E-state index contributed by atoms with van der Waals surface area (Å²) in [5, 5.41) is 0. The van der Waals surface area contributed by atoms with Gasteiger partial charge in [-0.25, -0.2) is 9.97 Å². The quantitative estimate of drug-likeness (QED) is 0.646. The Hall–Kier alpha value is -2.55. The monoisotopic (exact) mass is 264 g/mol. The summed E-state index contributed by atoms with van der Waals surface area (Å²) in [6.07, 6.45) is 0. The van der Waals surface area contributed by atoms with Gasteiger partial charge in [-0.05, 0) is 18.1 Å². The van der Waals surface area contributed by atoms with Gasteiger partial charge in [-0.15, -0.1) is 0 Å². The summed E-state index contributed by atoms with van der Waals surface area (Å²) >= 11 is 0. The van der Waals surface area contributed by atoms with Crippen LogP contribution in [0.5, 0.6) is 0 Å². The van der Waals surface area contributed by atoms with E-state index in [1.165, 1.54) is 6.07 Å². The van der Waals surface area contributed by atoms with Gasteiger partial charge in [0, 0.05) is 11.6 Å². The fourth-order valence-electron chi connectivity index (χ4n) is 2.14. The molecule has 0 bridgehead atoms. The Balaban J connectivity index is 1.97. The molecule has 0 unspecified atom stereocenters. The maximum Gasteiger partial charge on any atom is 0.216 e. The molecule has 20 heavy (non-hydrogen) atoms. The Labute approximate surface area is 117 Å². The van der Waals surface area contributed by atoms with E-state index in [1.54, 1.807) is 6.92 Å². The molecule has 0 amide bonds. The minimum absolute atomic E-state index is 0.437. The van der Waals surface area contributed by atoms with Crippen molar-refractivity contribution in [2.45, 2.75) is 6.92 Å². The number of nitrogens with zero attached hydrogens (tertiary/aromatic N) is 2. The third-order valence-electron chi connectivity index (χ3n) is 3.09. The van der Waals surface area contributed by atoms with Crippen LogP contribution in [0.15, 0.2) is 60.7 Å². The second-order valence-corrected chi connectivity index (χ2v) is 4.57. The normalized spacial score (nSPS) is 10.5. The van der Waals surface area contributed by atoms with E-state index in [0.29, 0.717) is 11.5 Å². The molecule has 0 spiro atoms. The van der Waals surface area contributed by atoms with Crippen molar-refractivity contribution < 1.29 is 4.39 Å². The van der Waals surface area contributed by atoms with E-state index < -0.39 is 5.95 Å². The van der Waals surface area contributed by atoms with Gasteiger partial charge in [0.2, 0.25) is 5.95 Å². The Morgan fingerprint density at radius 2 is 1.35 bits per heavy atom. The largest absolute Gasteiger partial charge is 0.233 e. The van der Waals surface area contributed by atoms with E-state index in [2.05, 4.69) is 22.1 Å². The van der Waals surface area contributed by atoms with Crippen molar-refractivity contribution in [1.29, 1.82) is 0 Å². The second-order valence-electron chi connectivity index (χ2n) is 4.57. The molecule has 0 atom stereocenters. The van der Waals surface area contributed by atoms with Crippen LogP contribution in [-0.4, -0.2) is 9.97 Å². The lowest BCUT2D eigenvalue weighted by Gasteiger charge is -2.05. The fourth-order valence-corrected chi connectivity index (χ4v) is 2.14. The second kappa shape index (κ2) is 5.21. The molecule has 0 radical (unpaired) electrons. The van der Waals surface area contributed by atoms with Crippen molar-refractivity contribution in [3.05, 3.63) is 72.4 Å². The first-order chi connectivity index (χ1) is 9.72. The standard InChI is InChI=1S/C17H13FN2/c1-12-19-16(11-17(18)20-12)15-9-7-14(8-10-15)13-5-3-2-4-6-13/h2-11H,1H3. The summed E-state index contributed by atoms with van der Waals surface area (Å²) < 4.78 is 13.3. The topological polar surface area (TPSA) is 25.8 Å². The summed E-state index contributed by atoms with van der Waals surface area (Å²) in [6, 6.07) is 19.4. The molecule has 3 rings (SSSR count). The van der Waals surface area contributed by atoms with Crippen LogP contribution in [0.4, 0.5) is 4.39 Å². The van der Waals surface area contributed by atoms with Gasteiger partial charge in [0.15, 0.2) is 0 Å². The van der Waals surface area contributed by atoms with Crippen LogP contribution in [-0.2, 0) is 0 Å². The highest BCUT2D eigenvalue weighted by molar-refractivity contribution is 5.68. The van der Waals surface area contributed by atoms with Gasteiger partial charge in [0.25, 0.3) is 0 Å². The number of halogens is 1. The lowest BCUT2D eigenvalue weighted by Crippen LogP contribution is -1.94. The van der Waals surface area contributed by atoms with Crippen molar-refractivity contribution in [2.24, 2.45) is 0 Å². The van der Waals surface area contributed by atoms with E-state index in [1.807, 2.05) is 42.5 Å². The van der Waals surface area contributed by atoms with Gasteiger partial charge in [-0.2, -0.15) is 4.39 Å². The molecule has 0 saturated heterocycles. The first kappa shape index (κ1) is 12.5. The predicted molar refractivity (Wildman–Crippen MR) is 77.6 cm³/mol. The fraction of sp³-hybridized carbons (Fsp3) is 0.0588. The van der Waals surface area contributed by atoms with Crippen LogP contribution in [0.1, 0.15) is 5.82 Å². The molecule has 2 aromatic carbocycles. The SMILES string of the molecule is Cc1nc(F)cc(-c2ccc(-c3ccccc3)cc2)n1. The van der Waals surface area contributed by atoms with E-state index in [-0.39, 0.29) is 0 Å². The molecular formula is C17H13FN2. The molecule has 0 aliphatic carbocycles. The van der Waals surface area contributed by atoms with Crippen molar-refractivity contribution in [3.8, 4) is 22.4 Å². The molecule has 98 valence electrons. The van der Waals surface area contributed by atoms with Crippen LogP contribution >= 0.6 is 0 Å². The summed E-state index contributed by atoms with van der Waals surface area (Å²) in [7, 11) is 0. The van der Waals surface area contributed by atoms with Gasteiger partial charge < -0.3 is 0 Å². The highest BCUT2D eigenvalue weighted by Gasteiger charge is 2.04. The van der Waals surface area contributed by atoms with Gasteiger partial charge in [-0.1, -0.05) is 54.6 Å². The molecule has 0 N–H and O–H groups in total. The smallest absolute Gasteiger partial charge is 0.216 e. The van der Waals surface area contributed by atoms with E-state index in [0.717, 1.165) is 16.7 Å².